The molecule has 0 amide bonds. The smallest absolute Gasteiger partial charge is 0.126 e. The minimum Gasteiger partial charge on any atom is -0.357 e. The van der Waals surface area contributed by atoms with Crippen LogP contribution in [0.25, 0.3) is 0 Å². The van der Waals surface area contributed by atoms with Crippen molar-refractivity contribution in [3.8, 4) is 0 Å². The van der Waals surface area contributed by atoms with Gasteiger partial charge in [-0.3, -0.25) is 4.68 Å². The molecule has 14 heavy (non-hydrogen) atoms. The Hall–Kier alpha value is -1.03. The highest BCUT2D eigenvalue weighted by atomic mass is 15.4. The van der Waals surface area contributed by atoms with Gasteiger partial charge in [0.25, 0.3) is 0 Å². The van der Waals surface area contributed by atoms with Crippen molar-refractivity contribution >= 4 is 5.82 Å². The fourth-order valence-electron chi connectivity index (χ4n) is 2.09. The molecule has 0 saturated carbocycles. The van der Waals surface area contributed by atoms with Gasteiger partial charge >= 0.3 is 0 Å². The molecular formula is C10H18N4. The third-order valence-electron chi connectivity index (χ3n) is 3.01. The van der Waals surface area contributed by atoms with Crippen LogP contribution in [0.15, 0.2) is 12.3 Å². The first kappa shape index (κ1) is 9.52. The number of piperidine rings is 1. The summed E-state index contributed by atoms with van der Waals surface area (Å²) in [7, 11) is 4.15. The molecule has 1 fully saturated rings. The van der Waals surface area contributed by atoms with Gasteiger partial charge in [-0.2, -0.15) is 5.10 Å². The Morgan fingerprint density at radius 2 is 2.21 bits per heavy atom. The number of nitrogens with one attached hydrogen (secondary N) is 1. The van der Waals surface area contributed by atoms with E-state index in [2.05, 4.69) is 28.4 Å². The molecule has 4 heteroatoms. The van der Waals surface area contributed by atoms with E-state index >= 15 is 0 Å². The molecule has 0 spiro atoms. The minimum absolute atomic E-state index is 0.659. The van der Waals surface area contributed by atoms with E-state index in [1.165, 1.54) is 18.7 Å². The number of aromatic nitrogens is 2. The number of aryl methyl sites for hydroxylation is 1. The van der Waals surface area contributed by atoms with Crippen molar-refractivity contribution in [3.05, 3.63) is 12.3 Å². The predicted octanol–water partition coefficient (Wildman–Crippen LogP) is 0.608. The van der Waals surface area contributed by atoms with Crippen molar-refractivity contribution in [3.63, 3.8) is 0 Å². The highest BCUT2D eigenvalue weighted by Crippen LogP contribution is 2.18. The van der Waals surface area contributed by atoms with Crippen LogP contribution in [0.3, 0.4) is 0 Å². The third-order valence-corrected chi connectivity index (χ3v) is 3.01. The number of anilines is 1. The van der Waals surface area contributed by atoms with Crippen LogP contribution in [0.2, 0.25) is 0 Å². The molecule has 4 nitrogen and oxygen atoms in total. The van der Waals surface area contributed by atoms with E-state index in [1.807, 2.05) is 17.9 Å². The van der Waals surface area contributed by atoms with Gasteiger partial charge in [0, 0.05) is 26.2 Å². The van der Waals surface area contributed by atoms with Gasteiger partial charge in [-0.25, -0.2) is 0 Å². The van der Waals surface area contributed by atoms with Gasteiger partial charge in [0.1, 0.15) is 5.82 Å². The van der Waals surface area contributed by atoms with Crippen LogP contribution in [-0.4, -0.2) is 36.0 Å². The molecule has 1 aromatic heterocycles. The maximum Gasteiger partial charge on any atom is 0.126 e. The quantitative estimate of drug-likeness (QED) is 0.749. The Morgan fingerprint density at radius 1 is 1.50 bits per heavy atom. The Labute approximate surface area is 84.9 Å². The lowest BCUT2D eigenvalue weighted by Gasteiger charge is -2.32. The zero-order valence-corrected chi connectivity index (χ0v) is 8.90. The minimum atomic E-state index is 0.659. The maximum absolute atomic E-state index is 4.19. The van der Waals surface area contributed by atoms with Crippen molar-refractivity contribution in [1.82, 2.24) is 15.1 Å². The second kappa shape index (κ2) is 4.00. The summed E-state index contributed by atoms with van der Waals surface area (Å²) in [5.41, 5.74) is 0. The van der Waals surface area contributed by atoms with Crippen molar-refractivity contribution in [2.75, 3.05) is 25.0 Å². The van der Waals surface area contributed by atoms with Crippen molar-refractivity contribution in [2.24, 2.45) is 7.05 Å². The highest BCUT2D eigenvalue weighted by molar-refractivity contribution is 5.38. The standard InChI is InChI=1S/C10H18N4/c1-13(9-3-6-11-7-4-9)10-5-8-12-14(10)2/h5,8-9,11H,3-4,6-7H2,1-2H3. The molecule has 1 N–H and O–H groups in total. The Kier molecular flexibility index (Phi) is 2.72. The molecule has 0 unspecified atom stereocenters. The molecular weight excluding hydrogens is 176 g/mol. The second-order valence-corrected chi connectivity index (χ2v) is 3.91. The van der Waals surface area contributed by atoms with Crippen LogP contribution in [0, 0.1) is 0 Å². The maximum atomic E-state index is 4.19. The molecule has 2 heterocycles. The van der Waals surface area contributed by atoms with Gasteiger partial charge in [-0.15, -0.1) is 0 Å². The first-order chi connectivity index (χ1) is 6.79. The van der Waals surface area contributed by atoms with Gasteiger partial charge in [-0.05, 0) is 25.9 Å². The monoisotopic (exact) mass is 194 g/mol. The van der Waals surface area contributed by atoms with Gasteiger partial charge < -0.3 is 10.2 Å². The average Bonchev–Trinajstić information content (AvgIpc) is 2.65. The molecule has 0 bridgehead atoms. The molecule has 0 atom stereocenters. The Morgan fingerprint density at radius 3 is 2.79 bits per heavy atom. The lowest BCUT2D eigenvalue weighted by molar-refractivity contribution is 0.438. The average molecular weight is 194 g/mol. The molecule has 1 saturated heterocycles. The molecule has 0 aliphatic carbocycles. The van der Waals surface area contributed by atoms with Crippen LogP contribution in [-0.2, 0) is 7.05 Å². The van der Waals surface area contributed by atoms with Crippen LogP contribution in [0.5, 0.6) is 0 Å². The summed E-state index contributed by atoms with van der Waals surface area (Å²) in [6.45, 7) is 2.26. The van der Waals surface area contributed by atoms with Crippen LogP contribution in [0.1, 0.15) is 12.8 Å². The largest absolute Gasteiger partial charge is 0.357 e. The normalized spacial score (nSPS) is 18.4. The number of hydrogen-bond donors (Lipinski definition) is 1. The summed E-state index contributed by atoms with van der Waals surface area (Å²) in [4.78, 5) is 2.34. The topological polar surface area (TPSA) is 33.1 Å². The van der Waals surface area contributed by atoms with Crippen LogP contribution in [0.4, 0.5) is 5.82 Å². The van der Waals surface area contributed by atoms with Crippen molar-refractivity contribution in [1.29, 1.82) is 0 Å². The molecule has 0 aromatic carbocycles. The summed E-state index contributed by atoms with van der Waals surface area (Å²) in [6.07, 6.45) is 4.30. The van der Waals surface area contributed by atoms with Gasteiger partial charge in [-0.1, -0.05) is 0 Å². The third kappa shape index (κ3) is 1.75. The molecule has 1 aliphatic heterocycles. The molecule has 0 radical (unpaired) electrons. The number of rotatable bonds is 2. The highest BCUT2D eigenvalue weighted by Gasteiger charge is 2.19. The zero-order chi connectivity index (χ0) is 9.97. The van der Waals surface area contributed by atoms with Gasteiger partial charge in [0.15, 0.2) is 0 Å². The lowest BCUT2D eigenvalue weighted by atomic mass is 10.1. The van der Waals surface area contributed by atoms with Crippen molar-refractivity contribution in [2.45, 2.75) is 18.9 Å². The molecule has 1 aliphatic rings. The molecule has 1 aromatic rings. The number of hydrogen-bond acceptors (Lipinski definition) is 3. The summed E-state index contributed by atoms with van der Waals surface area (Å²) in [5.74, 6) is 1.21. The first-order valence-electron chi connectivity index (χ1n) is 5.20. The Bertz CT molecular complexity index is 288. The fourth-order valence-corrected chi connectivity index (χ4v) is 2.09. The molecule has 2 rings (SSSR count). The summed E-state index contributed by atoms with van der Waals surface area (Å²) < 4.78 is 1.93. The lowest BCUT2D eigenvalue weighted by Crippen LogP contribution is -2.41. The van der Waals surface area contributed by atoms with Crippen LogP contribution < -0.4 is 10.2 Å². The van der Waals surface area contributed by atoms with E-state index < -0.39 is 0 Å². The van der Waals surface area contributed by atoms with Crippen LogP contribution >= 0.6 is 0 Å². The van der Waals surface area contributed by atoms with Gasteiger partial charge in [0.05, 0.1) is 6.20 Å². The summed E-state index contributed by atoms with van der Waals surface area (Å²) in [5, 5.41) is 7.57. The van der Waals surface area contributed by atoms with E-state index in [0.29, 0.717) is 6.04 Å². The summed E-state index contributed by atoms with van der Waals surface area (Å²) in [6, 6.07) is 2.73. The van der Waals surface area contributed by atoms with E-state index in [4.69, 9.17) is 0 Å². The Balaban J connectivity index is 2.07. The summed E-state index contributed by atoms with van der Waals surface area (Å²) >= 11 is 0. The van der Waals surface area contributed by atoms with Gasteiger partial charge in [0.2, 0.25) is 0 Å². The zero-order valence-electron chi connectivity index (χ0n) is 8.90. The molecule has 78 valence electrons. The van der Waals surface area contributed by atoms with E-state index in [0.717, 1.165) is 13.1 Å². The fraction of sp³-hybridized carbons (Fsp3) is 0.700. The predicted molar refractivity (Wildman–Crippen MR) is 57.5 cm³/mol. The van der Waals surface area contributed by atoms with Crippen molar-refractivity contribution < 1.29 is 0 Å². The van der Waals surface area contributed by atoms with E-state index in [1.54, 1.807) is 0 Å². The second-order valence-electron chi connectivity index (χ2n) is 3.91. The van der Waals surface area contributed by atoms with E-state index in [-0.39, 0.29) is 0 Å². The SMILES string of the molecule is CN(c1ccnn1C)C1CCNCC1. The van der Waals surface area contributed by atoms with E-state index in [9.17, 15) is 0 Å². The first-order valence-corrected chi connectivity index (χ1v) is 5.20. The number of nitrogens with zero attached hydrogens (tertiary/aromatic N) is 3.